The number of hydrogen-bond acceptors (Lipinski definition) is 1. The van der Waals surface area contributed by atoms with E-state index in [0.717, 1.165) is 33.1 Å². The van der Waals surface area contributed by atoms with Crippen LogP contribution >= 0.6 is 11.6 Å². The largest absolute Gasteiger partial charge is 0.345 e. The molecule has 0 radical (unpaired) electrons. The number of aryl methyl sites for hydroxylation is 1. The van der Waals surface area contributed by atoms with Gasteiger partial charge in [-0.25, -0.2) is 4.79 Å². The van der Waals surface area contributed by atoms with E-state index in [1.165, 1.54) is 0 Å². The third-order valence-corrected chi connectivity index (χ3v) is 5.24. The Morgan fingerprint density at radius 1 is 1.17 bits per heavy atom. The number of amides is 2. The van der Waals surface area contributed by atoms with Crippen molar-refractivity contribution in [1.29, 1.82) is 0 Å². The van der Waals surface area contributed by atoms with Crippen molar-refractivity contribution in [2.75, 3.05) is 11.9 Å². The fourth-order valence-corrected chi connectivity index (χ4v) is 3.44. The first-order valence-corrected chi connectivity index (χ1v) is 9.97. The van der Waals surface area contributed by atoms with Gasteiger partial charge >= 0.3 is 6.03 Å². The number of nitrogens with one attached hydrogen (secondary N) is 1. The van der Waals surface area contributed by atoms with Gasteiger partial charge in [0.25, 0.3) is 0 Å². The quantitative estimate of drug-likeness (QED) is 0.477. The van der Waals surface area contributed by atoms with Gasteiger partial charge < -0.3 is 14.8 Å². The number of carbonyl (C=O) groups excluding carboxylic acids is 1. The van der Waals surface area contributed by atoms with E-state index in [1.807, 2.05) is 74.6 Å². The van der Waals surface area contributed by atoms with Gasteiger partial charge in [0.2, 0.25) is 0 Å². The molecule has 0 fully saturated rings. The van der Waals surface area contributed by atoms with Gasteiger partial charge in [-0.15, -0.1) is 6.58 Å². The van der Waals surface area contributed by atoms with E-state index >= 15 is 0 Å². The predicted molar refractivity (Wildman–Crippen MR) is 121 cm³/mol. The summed E-state index contributed by atoms with van der Waals surface area (Å²) in [5.41, 5.74) is 5.21. The highest BCUT2D eigenvalue weighted by Gasteiger charge is 2.16. The lowest BCUT2D eigenvalue weighted by atomic mass is 10.1. The Morgan fingerprint density at radius 2 is 1.97 bits per heavy atom. The summed E-state index contributed by atoms with van der Waals surface area (Å²) < 4.78 is 2.13. The third kappa shape index (κ3) is 5.30. The molecule has 3 rings (SSSR count). The van der Waals surface area contributed by atoms with E-state index in [1.54, 1.807) is 11.0 Å². The highest BCUT2D eigenvalue weighted by Crippen LogP contribution is 2.19. The lowest BCUT2D eigenvalue weighted by Crippen LogP contribution is -2.35. The fourth-order valence-electron chi connectivity index (χ4n) is 3.23. The number of nitrogens with zero attached hydrogens (tertiary/aromatic N) is 2. The van der Waals surface area contributed by atoms with Crippen molar-refractivity contribution in [2.45, 2.75) is 26.9 Å². The van der Waals surface area contributed by atoms with Crippen LogP contribution in [0.4, 0.5) is 10.5 Å². The Labute approximate surface area is 177 Å². The standard InChI is InChI=1S/C24H26ClN3O/c1-4-13-28(24(29)26-23-12-5-8-18(2)19(23)3)17-22-11-7-14-27(22)16-20-9-6-10-21(25)15-20/h4-12,14-15H,1,13,16-17H2,2-3H3,(H,26,29). The maximum Gasteiger partial charge on any atom is 0.322 e. The zero-order valence-electron chi connectivity index (χ0n) is 16.9. The first-order chi connectivity index (χ1) is 14.0. The lowest BCUT2D eigenvalue weighted by molar-refractivity contribution is 0.214. The molecule has 3 aromatic rings. The Bertz CT molecular complexity index is 1010. The number of rotatable bonds is 7. The molecule has 0 spiro atoms. The molecule has 2 amide bonds. The van der Waals surface area contributed by atoms with Crippen molar-refractivity contribution in [3.63, 3.8) is 0 Å². The van der Waals surface area contributed by atoms with Crippen LogP contribution in [-0.2, 0) is 13.1 Å². The minimum absolute atomic E-state index is 0.144. The molecule has 0 aliphatic heterocycles. The summed E-state index contributed by atoms with van der Waals surface area (Å²) in [5, 5.41) is 3.76. The van der Waals surface area contributed by atoms with Gasteiger partial charge in [0, 0.05) is 35.7 Å². The number of carbonyl (C=O) groups is 1. The maximum atomic E-state index is 12.9. The summed E-state index contributed by atoms with van der Waals surface area (Å²) in [6.45, 7) is 9.50. The van der Waals surface area contributed by atoms with Crippen LogP contribution in [0, 0.1) is 13.8 Å². The Hall–Kier alpha value is -2.98. The van der Waals surface area contributed by atoms with E-state index in [2.05, 4.69) is 16.5 Å². The number of hydrogen-bond donors (Lipinski definition) is 1. The second kappa shape index (κ2) is 9.48. The first-order valence-electron chi connectivity index (χ1n) is 9.59. The van der Waals surface area contributed by atoms with E-state index in [-0.39, 0.29) is 6.03 Å². The van der Waals surface area contributed by atoms with Gasteiger partial charge in [-0.2, -0.15) is 0 Å². The van der Waals surface area contributed by atoms with Crippen LogP contribution in [0.15, 0.2) is 73.4 Å². The minimum atomic E-state index is -0.144. The minimum Gasteiger partial charge on any atom is -0.345 e. The van der Waals surface area contributed by atoms with Crippen LogP contribution in [0.3, 0.4) is 0 Å². The number of halogens is 1. The summed E-state index contributed by atoms with van der Waals surface area (Å²) in [6.07, 6.45) is 3.76. The monoisotopic (exact) mass is 407 g/mol. The summed E-state index contributed by atoms with van der Waals surface area (Å²) in [7, 11) is 0. The van der Waals surface area contributed by atoms with Gasteiger partial charge in [0.1, 0.15) is 0 Å². The van der Waals surface area contributed by atoms with Crippen molar-refractivity contribution in [2.24, 2.45) is 0 Å². The van der Waals surface area contributed by atoms with E-state index < -0.39 is 0 Å². The fraction of sp³-hybridized carbons (Fsp3) is 0.208. The molecule has 29 heavy (non-hydrogen) atoms. The smallest absolute Gasteiger partial charge is 0.322 e. The molecule has 0 saturated carbocycles. The van der Waals surface area contributed by atoms with E-state index in [9.17, 15) is 4.79 Å². The van der Waals surface area contributed by atoms with E-state index in [4.69, 9.17) is 11.6 Å². The second-order valence-electron chi connectivity index (χ2n) is 7.10. The molecular formula is C24H26ClN3O. The zero-order chi connectivity index (χ0) is 20.8. The van der Waals surface area contributed by atoms with Crippen LogP contribution in [0.2, 0.25) is 5.02 Å². The SMILES string of the molecule is C=CCN(Cc1cccn1Cc1cccc(Cl)c1)C(=O)Nc1cccc(C)c1C. The molecule has 0 bridgehead atoms. The highest BCUT2D eigenvalue weighted by molar-refractivity contribution is 6.30. The number of benzene rings is 2. The van der Waals surface area contributed by atoms with Crippen molar-refractivity contribution in [3.8, 4) is 0 Å². The number of urea groups is 1. The molecular weight excluding hydrogens is 382 g/mol. The Balaban J connectivity index is 1.75. The predicted octanol–water partition coefficient (Wildman–Crippen LogP) is 6.03. The van der Waals surface area contributed by atoms with Crippen molar-refractivity contribution in [3.05, 3.63) is 101 Å². The molecule has 2 aromatic carbocycles. The molecule has 0 aliphatic carbocycles. The normalized spacial score (nSPS) is 10.6. The van der Waals surface area contributed by atoms with Gasteiger partial charge in [0.15, 0.2) is 0 Å². The maximum absolute atomic E-state index is 12.9. The van der Waals surface area contributed by atoms with E-state index in [0.29, 0.717) is 19.6 Å². The van der Waals surface area contributed by atoms with Crippen molar-refractivity contribution >= 4 is 23.3 Å². The molecule has 0 saturated heterocycles. The number of aromatic nitrogens is 1. The van der Waals surface area contributed by atoms with Gasteiger partial charge in [0.05, 0.1) is 6.54 Å². The Morgan fingerprint density at radius 3 is 2.72 bits per heavy atom. The number of anilines is 1. The Kier molecular flexibility index (Phi) is 6.78. The lowest BCUT2D eigenvalue weighted by Gasteiger charge is -2.23. The average Bonchev–Trinajstić information content (AvgIpc) is 3.12. The van der Waals surface area contributed by atoms with Crippen LogP contribution in [0.1, 0.15) is 22.4 Å². The average molecular weight is 408 g/mol. The first kappa shape index (κ1) is 20.7. The molecule has 0 atom stereocenters. The molecule has 5 heteroatoms. The van der Waals surface area contributed by atoms with Crippen LogP contribution in [-0.4, -0.2) is 22.0 Å². The third-order valence-electron chi connectivity index (χ3n) is 5.00. The molecule has 1 N–H and O–H groups in total. The highest BCUT2D eigenvalue weighted by atomic mass is 35.5. The molecule has 0 unspecified atom stereocenters. The van der Waals surface area contributed by atoms with Crippen LogP contribution in [0.5, 0.6) is 0 Å². The zero-order valence-corrected chi connectivity index (χ0v) is 17.6. The van der Waals surface area contributed by atoms with Crippen molar-refractivity contribution < 1.29 is 4.79 Å². The molecule has 1 heterocycles. The summed E-state index contributed by atoms with van der Waals surface area (Å²) in [4.78, 5) is 14.7. The van der Waals surface area contributed by atoms with Gasteiger partial charge in [-0.3, -0.25) is 0 Å². The van der Waals surface area contributed by atoms with Crippen molar-refractivity contribution in [1.82, 2.24) is 9.47 Å². The van der Waals surface area contributed by atoms with Gasteiger partial charge in [-0.05, 0) is 60.9 Å². The van der Waals surface area contributed by atoms with Gasteiger partial charge in [-0.1, -0.05) is 41.9 Å². The van der Waals surface area contributed by atoms with Crippen LogP contribution < -0.4 is 5.32 Å². The second-order valence-corrected chi connectivity index (χ2v) is 7.54. The molecule has 0 aliphatic rings. The molecule has 4 nitrogen and oxygen atoms in total. The summed E-state index contributed by atoms with van der Waals surface area (Å²) in [6, 6.07) is 17.6. The molecule has 1 aromatic heterocycles. The topological polar surface area (TPSA) is 37.3 Å². The molecule has 150 valence electrons. The summed E-state index contributed by atoms with van der Waals surface area (Å²) in [5.74, 6) is 0. The summed E-state index contributed by atoms with van der Waals surface area (Å²) >= 11 is 6.11. The van der Waals surface area contributed by atoms with Crippen LogP contribution in [0.25, 0.3) is 0 Å².